The molecule has 0 saturated heterocycles. The summed E-state index contributed by atoms with van der Waals surface area (Å²) < 4.78 is 9.25. The summed E-state index contributed by atoms with van der Waals surface area (Å²) >= 11 is 0. The van der Waals surface area contributed by atoms with Crippen molar-refractivity contribution in [3.8, 4) is 0 Å². The van der Waals surface area contributed by atoms with Crippen LogP contribution in [0.4, 0.5) is 5.69 Å². The lowest BCUT2D eigenvalue weighted by molar-refractivity contribution is -0.136. The normalized spacial score (nSPS) is 12.6. The number of azo groups is 1. The molecule has 8 nitrogen and oxygen atoms in total. The molecule has 8 heteroatoms. The van der Waals surface area contributed by atoms with Crippen molar-refractivity contribution in [1.82, 2.24) is 10.2 Å². The fourth-order valence-electron chi connectivity index (χ4n) is 1.31. The largest absolute Gasteiger partial charge is 0.507 e. The van der Waals surface area contributed by atoms with E-state index in [0.29, 0.717) is 17.1 Å². The Kier molecular flexibility index (Phi) is 5.19. The highest BCUT2D eigenvalue weighted by atomic mass is 16.5. The van der Waals surface area contributed by atoms with Crippen molar-refractivity contribution in [3.05, 3.63) is 22.8 Å². The van der Waals surface area contributed by atoms with E-state index in [4.69, 9.17) is 4.74 Å². The molecular weight excluding hydrogens is 252 g/mol. The number of aliphatic hydroxyl groups excluding tert-OH is 1. The summed E-state index contributed by atoms with van der Waals surface area (Å²) in [6.07, 6.45) is 0. The molecule has 0 spiro atoms. The van der Waals surface area contributed by atoms with E-state index < -0.39 is 5.97 Å². The first-order valence-electron chi connectivity index (χ1n) is 5.44. The van der Waals surface area contributed by atoms with Crippen molar-refractivity contribution in [1.29, 1.82) is 0 Å². The topological polar surface area (TPSA) is 109 Å². The van der Waals surface area contributed by atoms with Crippen LogP contribution < -0.4 is 0 Å². The molecule has 0 bridgehead atoms. The molecule has 19 heavy (non-hydrogen) atoms. The molecule has 0 unspecified atom stereocenters. The fraction of sp³-hybridized carbons (Fsp3) is 0.455. The van der Waals surface area contributed by atoms with Crippen LogP contribution in [0.3, 0.4) is 0 Å². The molecular formula is C11H16N4O4. The lowest BCUT2D eigenvalue weighted by Crippen LogP contribution is -2.08. The van der Waals surface area contributed by atoms with Crippen molar-refractivity contribution in [2.24, 2.45) is 10.2 Å². The first-order valence-corrected chi connectivity index (χ1v) is 5.44. The zero-order valence-electron chi connectivity index (χ0n) is 11.2. The highest BCUT2D eigenvalue weighted by Crippen LogP contribution is 2.22. The Morgan fingerprint density at radius 2 is 2.11 bits per heavy atom. The number of hydrogen-bond acceptors (Lipinski definition) is 7. The van der Waals surface area contributed by atoms with Gasteiger partial charge in [-0.25, -0.2) is 4.79 Å². The summed E-state index contributed by atoms with van der Waals surface area (Å²) in [6.45, 7) is 3.35. The van der Waals surface area contributed by atoms with E-state index in [1.165, 1.54) is 14.2 Å². The average Bonchev–Trinajstić information content (AvgIpc) is 2.70. The Morgan fingerprint density at radius 3 is 2.58 bits per heavy atom. The van der Waals surface area contributed by atoms with E-state index in [-0.39, 0.29) is 18.1 Å². The average molecular weight is 268 g/mol. The minimum absolute atomic E-state index is 0.160. The van der Waals surface area contributed by atoms with Crippen molar-refractivity contribution in [2.45, 2.75) is 13.8 Å². The number of aliphatic hydroxyl groups is 1. The molecule has 0 aliphatic carbocycles. The monoisotopic (exact) mass is 268 g/mol. The molecule has 0 saturated carbocycles. The Balaban J connectivity index is 3.09. The van der Waals surface area contributed by atoms with E-state index in [1.54, 1.807) is 13.8 Å². The number of rotatable bonds is 5. The maximum Gasteiger partial charge on any atom is 0.362 e. The van der Waals surface area contributed by atoms with Crippen LogP contribution in [0, 0.1) is 13.8 Å². The van der Waals surface area contributed by atoms with Crippen LogP contribution >= 0.6 is 0 Å². The van der Waals surface area contributed by atoms with E-state index in [1.807, 2.05) is 0 Å². The third-order valence-corrected chi connectivity index (χ3v) is 2.27. The molecule has 2 N–H and O–H groups in total. The van der Waals surface area contributed by atoms with Crippen LogP contribution in [0.1, 0.15) is 11.4 Å². The quantitative estimate of drug-likeness (QED) is 0.365. The van der Waals surface area contributed by atoms with Gasteiger partial charge in [-0.15, -0.1) is 10.2 Å². The van der Waals surface area contributed by atoms with Gasteiger partial charge in [0.25, 0.3) is 0 Å². The number of methoxy groups -OCH3 is 2. The van der Waals surface area contributed by atoms with Crippen molar-refractivity contribution >= 4 is 11.7 Å². The van der Waals surface area contributed by atoms with Crippen LogP contribution in [0.25, 0.3) is 0 Å². The number of nitrogens with zero attached hydrogens (tertiary/aromatic N) is 3. The van der Waals surface area contributed by atoms with E-state index in [9.17, 15) is 9.90 Å². The van der Waals surface area contributed by atoms with Gasteiger partial charge in [0.15, 0.2) is 5.76 Å². The van der Waals surface area contributed by atoms with Crippen LogP contribution in [0.15, 0.2) is 21.7 Å². The van der Waals surface area contributed by atoms with Gasteiger partial charge in [0.1, 0.15) is 12.3 Å². The number of aryl methyl sites for hydroxylation is 2. The second kappa shape index (κ2) is 6.64. The van der Waals surface area contributed by atoms with Gasteiger partial charge in [0.2, 0.25) is 5.70 Å². The standard InChI is InChI=1S/C11H16N4O4/c1-6-9(7(2)13-12-6)14-15-10(11(17)19-4)8(16)5-18-3/h16H,5H2,1-4H3,(H,12,13)/b10-8-,15-14?. The maximum absolute atomic E-state index is 11.5. The van der Waals surface area contributed by atoms with Gasteiger partial charge < -0.3 is 14.6 Å². The number of aromatic amines is 1. The van der Waals surface area contributed by atoms with Gasteiger partial charge >= 0.3 is 5.97 Å². The van der Waals surface area contributed by atoms with E-state index >= 15 is 0 Å². The Morgan fingerprint density at radius 1 is 1.42 bits per heavy atom. The number of carbonyl (C=O) groups is 1. The van der Waals surface area contributed by atoms with E-state index in [0.717, 1.165) is 0 Å². The third kappa shape index (κ3) is 3.62. The molecule has 0 aromatic carbocycles. The number of carbonyl (C=O) groups excluding carboxylic acids is 1. The summed E-state index contributed by atoms with van der Waals surface area (Å²) in [5.41, 5.74) is 1.55. The van der Waals surface area contributed by atoms with Crippen molar-refractivity contribution in [2.75, 3.05) is 20.8 Å². The van der Waals surface area contributed by atoms with Gasteiger partial charge in [-0.05, 0) is 13.8 Å². The van der Waals surface area contributed by atoms with Gasteiger partial charge in [-0.2, -0.15) is 5.10 Å². The van der Waals surface area contributed by atoms with Crippen molar-refractivity contribution in [3.63, 3.8) is 0 Å². The number of hydrogen-bond donors (Lipinski definition) is 2. The Hall–Kier alpha value is -2.22. The molecule has 1 aromatic rings. The molecule has 0 fully saturated rings. The zero-order valence-corrected chi connectivity index (χ0v) is 11.2. The predicted molar refractivity (Wildman–Crippen MR) is 66.1 cm³/mol. The molecule has 104 valence electrons. The number of nitrogens with one attached hydrogen (secondary N) is 1. The van der Waals surface area contributed by atoms with Crippen LogP contribution in [-0.2, 0) is 14.3 Å². The molecule has 0 atom stereocenters. The van der Waals surface area contributed by atoms with Crippen LogP contribution in [-0.4, -0.2) is 42.1 Å². The first-order chi connectivity index (χ1) is 9.01. The molecule has 1 aromatic heterocycles. The zero-order chi connectivity index (χ0) is 14.4. The Labute approximate surface area is 110 Å². The second-order valence-electron chi connectivity index (χ2n) is 3.70. The SMILES string of the molecule is COC/C(O)=C(/N=Nc1c(C)n[nH]c1C)C(=O)OC. The number of H-pyrrole nitrogens is 1. The molecule has 1 heterocycles. The summed E-state index contributed by atoms with van der Waals surface area (Å²) in [5.74, 6) is -1.14. The number of aromatic nitrogens is 2. The maximum atomic E-state index is 11.5. The van der Waals surface area contributed by atoms with Gasteiger partial charge in [-0.1, -0.05) is 0 Å². The molecule has 0 radical (unpaired) electrons. The highest BCUT2D eigenvalue weighted by molar-refractivity contribution is 5.88. The number of esters is 1. The molecule has 0 aliphatic heterocycles. The minimum Gasteiger partial charge on any atom is -0.507 e. The smallest absolute Gasteiger partial charge is 0.362 e. The molecule has 1 rings (SSSR count). The number of ether oxygens (including phenoxy) is 2. The summed E-state index contributed by atoms with van der Waals surface area (Å²) in [7, 11) is 2.57. The third-order valence-electron chi connectivity index (χ3n) is 2.27. The summed E-state index contributed by atoms with van der Waals surface area (Å²) in [5, 5.41) is 23.9. The summed E-state index contributed by atoms with van der Waals surface area (Å²) in [4.78, 5) is 11.5. The minimum atomic E-state index is -0.794. The predicted octanol–water partition coefficient (Wildman–Crippen LogP) is 1.70. The van der Waals surface area contributed by atoms with Crippen molar-refractivity contribution < 1.29 is 19.4 Å². The second-order valence-corrected chi connectivity index (χ2v) is 3.70. The highest BCUT2D eigenvalue weighted by Gasteiger charge is 2.16. The Bertz CT molecular complexity index is 499. The van der Waals surface area contributed by atoms with Crippen LogP contribution in [0.2, 0.25) is 0 Å². The lowest BCUT2D eigenvalue weighted by atomic mass is 10.3. The summed E-state index contributed by atoms with van der Waals surface area (Å²) in [6, 6.07) is 0. The van der Waals surface area contributed by atoms with Gasteiger partial charge in [0.05, 0.1) is 18.5 Å². The first kappa shape index (κ1) is 14.8. The molecule has 0 amide bonds. The van der Waals surface area contributed by atoms with Crippen LogP contribution in [0.5, 0.6) is 0 Å². The lowest BCUT2D eigenvalue weighted by Gasteiger charge is -2.03. The molecule has 0 aliphatic rings. The van der Waals surface area contributed by atoms with Gasteiger partial charge in [0, 0.05) is 7.11 Å². The van der Waals surface area contributed by atoms with E-state index in [2.05, 4.69) is 25.2 Å². The fourth-order valence-corrected chi connectivity index (χ4v) is 1.31. The van der Waals surface area contributed by atoms with Gasteiger partial charge in [-0.3, -0.25) is 5.10 Å².